The van der Waals surface area contributed by atoms with Gasteiger partial charge in [-0.2, -0.15) is 0 Å². The van der Waals surface area contributed by atoms with E-state index in [0.29, 0.717) is 0 Å². The summed E-state index contributed by atoms with van der Waals surface area (Å²) in [5.41, 5.74) is 0.345. The van der Waals surface area contributed by atoms with Crippen molar-refractivity contribution >= 4 is 11.7 Å². The van der Waals surface area contributed by atoms with Crippen LogP contribution in [0.5, 0.6) is 5.75 Å². The number of hydrogen-bond donors (Lipinski definition) is 1. The molecule has 1 aromatic rings. The summed E-state index contributed by atoms with van der Waals surface area (Å²) in [7, 11) is 3.11. The number of esters is 1. The number of nitrogens with one attached hydrogen (secondary N) is 1. The third kappa shape index (κ3) is 3.24. The van der Waals surface area contributed by atoms with Gasteiger partial charge in [-0.05, 0) is 37.1 Å². The molecule has 0 aliphatic heterocycles. The Labute approximate surface area is 120 Å². The van der Waals surface area contributed by atoms with Crippen molar-refractivity contribution in [3.63, 3.8) is 0 Å². The molecule has 2 rings (SSSR count). The predicted octanol–water partition coefficient (Wildman–Crippen LogP) is 3.37. The molecule has 1 aliphatic rings. The molecule has 1 aliphatic carbocycles. The lowest BCUT2D eigenvalue weighted by Gasteiger charge is -2.32. The molecule has 20 heavy (non-hydrogen) atoms. The second-order valence-electron chi connectivity index (χ2n) is 5.34. The van der Waals surface area contributed by atoms with E-state index in [0.717, 1.165) is 37.1 Å². The number of carbonyl (C=O) groups is 1. The lowest BCUT2D eigenvalue weighted by atomic mass is 9.89. The number of carbonyl (C=O) groups excluding carboxylic acids is 1. The van der Waals surface area contributed by atoms with Crippen LogP contribution in [0.4, 0.5) is 5.69 Å². The Balaban J connectivity index is 2.19. The van der Waals surface area contributed by atoms with Crippen LogP contribution >= 0.6 is 0 Å². The first kappa shape index (κ1) is 14.7. The van der Waals surface area contributed by atoms with E-state index in [4.69, 9.17) is 9.47 Å². The van der Waals surface area contributed by atoms with Gasteiger partial charge < -0.3 is 14.8 Å². The van der Waals surface area contributed by atoms with E-state index in [2.05, 4.69) is 5.32 Å². The van der Waals surface area contributed by atoms with E-state index in [1.165, 1.54) is 20.0 Å². The Bertz CT molecular complexity index is 434. The molecule has 110 valence electrons. The van der Waals surface area contributed by atoms with Crippen LogP contribution in [0.25, 0.3) is 0 Å². The molecule has 0 heterocycles. The first-order valence-electron chi connectivity index (χ1n) is 7.21. The van der Waals surface area contributed by atoms with Crippen LogP contribution in [0.1, 0.15) is 38.5 Å². The van der Waals surface area contributed by atoms with Crippen molar-refractivity contribution in [2.45, 2.75) is 44.1 Å². The molecule has 4 heteroatoms. The van der Waals surface area contributed by atoms with E-state index in [-0.39, 0.29) is 5.97 Å². The number of methoxy groups -OCH3 is 2. The Hall–Kier alpha value is -1.71. The molecule has 0 bridgehead atoms. The lowest BCUT2D eigenvalue weighted by molar-refractivity contribution is -0.146. The molecule has 1 fully saturated rings. The second kappa shape index (κ2) is 6.64. The van der Waals surface area contributed by atoms with Crippen molar-refractivity contribution < 1.29 is 14.3 Å². The largest absolute Gasteiger partial charge is 0.497 e. The zero-order valence-corrected chi connectivity index (χ0v) is 12.3. The highest BCUT2D eigenvalue weighted by Crippen LogP contribution is 2.32. The van der Waals surface area contributed by atoms with Gasteiger partial charge in [-0.25, -0.2) is 4.79 Å². The minimum absolute atomic E-state index is 0.157. The third-order valence-electron chi connectivity index (χ3n) is 4.01. The van der Waals surface area contributed by atoms with Crippen LogP contribution in [0.15, 0.2) is 24.3 Å². The molecule has 1 saturated carbocycles. The van der Waals surface area contributed by atoms with Crippen molar-refractivity contribution in [2.24, 2.45) is 0 Å². The van der Waals surface area contributed by atoms with Crippen molar-refractivity contribution in [1.29, 1.82) is 0 Å². The monoisotopic (exact) mass is 277 g/mol. The van der Waals surface area contributed by atoms with Crippen LogP contribution in [0.3, 0.4) is 0 Å². The molecule has 0 saturated heterocycles. The molecule has 0 unspecified atom stereocenters. The van der Waals surface area contributed by atoms with Crippen molar-refractivity contribution in [3.05, 3.63) is 24.3 Å². The van der Waals surface area contributed by atoms with E-state index in [1.54, 1.807) is 7.11 Å². The average molecular weight is 277 g/mol. The lowest BCUT2D eigenvalue weighted by Crippen LogP contribution is -2.46. The molecule has 4 nitrogen and oxygen atoms in total. The summed E-state index contributed by atoms with van der Waals surface area (Å²) in [5.74, 6) is 0.652. The van der Waals surface area contributed by atoms with Crippen LogP contribution in [0.2, 0.25) is 0 Å². The first-order chi connectivity index (χ1) is 9.70. The summed E-state index contributed by atoms with van der Waals surface area (Å²) >= 11 is 0. The van der Waals surface area contributed by atoms with Crippen LogP contribution in [-0.4, -0.2) is 25.7 Å². The van der Waals surface area contributed by atoms with E-state index in [1.807, 2.05) is 24.3 Å². The van der Waals surface area contributed by atoms with Crippen LogP contribution in [0, 0.1) is 0 Å². The molecular formula is C16H23NO3. The smallest absolute Gasteiger partial charge is 0.331 e. The number of rotatable bonds is 4. The summed E-state index contributed by atoms with van der Waals surface area (Å²) in [6, 6.07) is 7.66. The zero-order valence-electron chi connectivity index (χ0n) is 12.3. The number of benzene rings is 1. The molecular weight excluding hydrogens is 254 g/mol. The standard InChI is InChI=1S/C16H23NO3/c1-19-14-9-7-13(8-10-14)17-16(15(18)20-2)11-5-3-4-6-12-16/h7-10,17H,3-6,11-12H2,1-2H3. The fourth-order valence-corrected chi connectivity index (χ4v) is 2.86. The van der Waals surface area contributed by atoms with E-state index >= 15 is 0 Å². The van der Waals surface area contributed by atoms with Gasteiger partial charge in [-0.1, -0.05) is 25.7 Å². The number of ether oxygens (including phenoxy) is 2. The molecule has 0 radical (unpaired) electrons. The first-order valence-corrected chi connectivity index (χ1v) is 7.21. The van der Waals surface area contributed by atoms with Crippen LogP contribution in [-0.2, 0) is 9.53 Å². The molecule has 1 N–H and O–H groups in total. The van der Waals surface area contributed by atoms with Gasteiger partial charge in [0.1, 0.15) is 11.3 Å². The van der Waals surface area contributed by atoms with Crippen LogP contribution < -0.4 is 10.1 Å². The average Bonchev–Trinajstić information content (AvgIpc) is 2.74. The summed E-state index contributed by atoms with van der Waals surface area (Å²) in [6.45, 7) is 0. The minimum Gasteiger partial charge on any atom is -0.497 e. The zero-order chi connectivity index (χ0) is 14.4. The van der Waals surface area contributed by atoms with Gasteiger partial charge in [0.05, 0.1) is 14.2 Å². The maximum atomic E-state index is 12.3. The van der Waals surface area contributed by atoms with Crippen molar-refractivity contribution in [1.82, 2.24) is 0 Å². The SMILES string of the molecule is COC(=O)C1(Nc2ccc(OC)cc2)CCCCCC1. The minimum atomic E-state index is -0.583. The van der Waals surface area contributed by atoms with Gasteiger partial charge in [0.2, 0.25) is 0 Å². The Kier molecular flexibility index (Phi) is 4.88. The highest BCUT2D eigenvalue weighted by molar-refractivity contribution is 5.84. The summed E-state index contributed by atoms with van der Waals surface area (Å²) < 4.78 is 10.2. The topological polar surface area (TPSA) is 47.6 Å². The van der Waals surface area contributed by atoms with Gasteiger partial charge in [-0.3, -0.25) is 0 Å². The maximum Gasteiger partial charge on any atom is 0.331 e. The molecule has 0 atom stereocenters. The summed E-state index contributed by atoms with van der Waals surface area (Å²) in [4.78, 5) is 12.3. The van der Waals surface area contributed by atoms with Crippen molar-refractivity contribution in [3.8, 4) is 5.75 Å². The quantitative estimate of drug-likeness (QED) is 0.677. The van der Waals surface area contributed by atoms with E-state index in [9.17, 15) is 4.79 Å². The fraction of sp³-hybridized carbons (Fsp3) is 0.562. The molecule has 0 amide bonds. The molecule has 1 aromatic carbocycles. The summed E-state index contributed by atoms with van der Waals surface area (Å²) in [5, 5.41) is 3.41. The number of hydrogen-bond acceptors (Lipinski definition) is 4. The number of anilines is 1. The summed E-state index contributed by atoms with van der Waals surface area (Å²) in [6.07, 6.45) is 6.12. The van der Waals surface area contributed by atoms with Gasteiger partial charge in [0.25, 0.3) is 0 Å². The maximum absolute atomic E-state index is 12.3. The normalized spacial score (nSPS) is 17.9. The predicted molar refractivity (Wildman–Crippen MR) is 79.1 cm³/mol. The highest BCUT2D eigenvalue weighted by Gasteiger charge is 2.39. The Morgan fingerprint density at radius 2 is 1.65 bits per heavy atom. The molecule has 0 spiro atoms. The van der Waals surface area contributed by atoms with E-state index < -0.39 is 5.54 Å². The van der Waals surface area contributed by atoms with Gasteiger partial charge in [-0.15, -0.1) is 0 Å². The third-order valence-corrected chi connectivity index (χ3v) is 4.01. The van der Waals surface area contributed by atoms with Gasteiger partial charge >= 0.3 is 5.97 Å². The highest BCUT2D eigenvalue weighted by atomic mass is 16.5. The Morgan fingerprint density at radius 1 is 1.05 bits per heavy atom. The Morgan fingerprint density at radius 3 is 2.15 bits per heavy atom. The van der Waals surface area contributed by atoms with Gasteiger partial charge in [0, 0.05) is 5.69 Å². The van der Waals surface area contributed by atoms with Crippen molar-refractivity contribution in [2.75, 3.05) is 19.5 Å². The second-order valence-corrected chi connectivity index (χ2v) is 5.34. The molecule has 0 aromatic heterocycles. The van der Waals surface area contributed by atoms with Gasteiger partial charge in [0.15, 0.2) is 0 Å². The fourth-order valence-electron chi connectivity index (χ4n) is 2.86.